The van der Waals surface area contributed by atoms with E-state index in [4.69, 9.17) is 4.98 Å². The number of hydrogen-bond acceptors (Lipinski definition) is 6. The predicted octanol–water partition coefficient (Wildman–Crippen LogP) is 4.17. The van der Waals surface area contributed by atoms with E-state index in [9.17, 15) is 4.79 Å². The molecule has 32 heavy (non-hydrogen) atoms. The summed E-state index contributed by atoms with van der Waals surface area (Å²) in [5.74, 6) is 0.897. The second-order valence-corrected chi connectivity index (χ2v) is 8.71. The van der Waals surface area contributed by atoms with Gasteiger partial charge >= 0.3 is 0 Å². The quantitative estimate of drug-likeness (QED) is 0.394. The van der Waals surface area contributed by atoms with Gasteiger partial charge in [0.1, 0.15) is 0 Å². The topological polar surface area (TPSA) is 76.3 Å². The van der Waals surface area contributed by atoms with Crippen LogP contribution in [0.3, 0.4) is 0 Å². The summed E-state index contributed by atoms with van der Waals surface area (Å²) in [5, 5.41) is 5.20. The highest BCUT2D eigenvalue weighted by Crippen LogP contribution is 2.29. The monoisotopic (exact) mass is 442 g/mol. The van der Waals surface area contributed by atoms with Crippen molar-refractivity contribution in [1.82, 2.24) is 24.6 Å². The highest BCUT2D eigenvalue weighted by atomic mass is 32.1. The van der Waals surface area contributed by atoms with Crippen LogP contribution in [0.15, 0.2) is 60.7 Å². The SMILES string of the molecule is Cc1cc(C)n2nc(CC(=O)N(CCc3ccccc3)c3nc4ccccc4s3)nc2n1. The van der Waals surface area contributed by atoms with Crippen LogP contribution >= 0.6 is 11.3 Å². The molecule has 0 aliphatic rings. The fourth-order valence-corrected chi connectivity index (χ4v) is 4.71. The second-order valence-electron chi connectivity index (χ2n) is 7.70. The number of aryl methyl sites for hydroxylation is 2. The van der Waals surface area contributed by atoms with Crippen molar-refractivity contribution in [3.8, 4) is 0 Å². The summed E-state index contributed by atoms with van der Waals surface area (Å²) < 4.78 is 2.74. The van der Waals surface area contributed by atoms with Gasteiger partial charge in [-0.05, 0) is 44.0 Å². The van der Waals surface area contributed by atoms with Gasteiger partial charge in [-0.25, -0.2) is 14.5 Å². The van der Waals surface area contributed by atoms with Crippen molar-refractivity contribution in [3.63, 3.8) is 0 Å². The zero-order valence-electron chi connectivity index (χ0n) is 17.9. The van der Waals surface area contributed by atoms with E-state index in [2.05, 4.69) is 27.2 Å². The molecule has 0 aliphatic carbocycles. The van der Waals surface area contributed by atoms with Gasteiger partial charge < -0.3 is 0 Å². The van der Waals surface area contributed by atoms with Crippen LogP contribution in [0, 0.1) is 13.8 Å². The highest BCUT2D eigenvalue weighted by molar-refractivity contribution is 7.22. The molecule has 5 aromatic rings. The lowest BCUT2D eigenvalue weighted by Crippen LogP contribution is -2.34. The van der Waals surface area contributed by atoms with Crippen molar-refractivity contribution < 1.29 is 4.79 Å². The number of para-hydroxylation sites is 1. The molecule has 0 bridgehead atoms. The van der Waals surface area contributed by atoms with E-state index < -0.39 is 0 Å². The van der Waals surface area contributed by atoms with Crippen molar-refractivity contribution in [2.24, 2.45) is 0 Å². The molecule has 0 unspecified atom stereocenters. The lowest BCUT2D eigenvalue weighted by atomic mass is 10.1. The molecule has 0 saturated heterocycles. The average Bonchev–Trinajstić information content (AvgIpc) is 3.38. The molecule has 160 valence electrons. The Labute approximate surface area is 189 Å². The third kappa shape index (κ3) is 4.09. The third-order valence-corrected chi connectivity index (χ3v) is 6.31. The number of thiazole rings is 1. The first kappa shape index (κ1) is 20.3. The summed E-state index contributed by atoms with van der Waals surface area (Å²) in [6.07, 6.45) is 0.827. The Morgan fingerprint density at radius 1 is 1.00 bits per heavy atom. The van der Waals surface area contributed by atoms with Crippen molar-refractivity contribution >= 4 is 38.4 Å². The molecule has 1 amide bonds. The lowest BCUT2D eigenvalue weighted by Gasteiger charge is -2.19. The number of hydrogen-bond donors (Lipinski definition) is 0. The van der Waals surface area contributed by atoms with Crippen LogP contribution in [0.1, 0.15) is 22.8 Å². The molecule has 0 saturated carbocycles. The molecule has 0 radical (unpaired) electrons. The van der Waals surface area contributed by atoms with Crippen LogP contribution in [0.25, 0.3) is 16.0 Å². The minimum absolute atomic E-state index is 0.0785. The number of fused-ring (bicyclic) bond motifs is 2. The van der Waals surface area contributed by atoms with Gasteiger partial charge in [0.05, 0.1) is 16.6 Å². The largest absolute Gasteiger partial charge is 0.287 e. The number of benzene rings is 2. The molecule has 8 heteroatoms. The predicted molar refractivity (Wildman–Crippen MR) is 126 cm³/mol. The molecule has 0 atom stereocenters. The van der Waals surface area contributed by atoms with Crippen molar-refractivity contribution in [1.29, 1.82) is 0 Å². The van der Waals surface area contributed by atoms with Crippen LogP contribution in [-0.4, -0.2) is 37.0 Å². The van der Waals surface area contributed by atoms with Crippen LogP contribution in [0.2, 0.25) is 0 Å². The summed E-state index contributed by atoms with van der Waals surface area (Å²) in [6.45, 7) is 4.41. The van der Waals surface area contributed by atoms with Gasteiger partial charge in [0, 0.05) is 17.9 Å². The number of nitrogens with zero attached hydrogens (tertiary/aromatic N) is 6. The fraction of sp³-hybridized carbons (Fsp3) is 0.208. The maximum absolute atomic E-state index is 13.4. The number of carbonyl (C=O) groups excluding carboxylic acids is 1. The van der Waals surface area contributed by atoms with Crippen molar-refractivity contribution in [2.45, 2.75) is 26.7 Å². The summed E-state index contributed by atoms with van der Waals surface area (Å²) in [7, 11) is 0. The molecule has 0 N–H and O–H groups in total. The van der Waals surface area contributed by atoms with E-state index in [1.807, 2.05) is 62.4 Å². The number of carbonyl (C=O) groups is 1. The smallest absolute Gasteiger partial charge is 0.252 e. The Bertz CT molecular complexity index is 1380. The van der Waals surface area contributed by atoms with Crippen molar-refractivity contribution in [2.75, 3.05) is 11.4 Å². The van der Waals surface area contributed by atoms with Gasteiger partial charge in [0.25, 0.3) is 5.78 Å². The van der Waals surface area contributed by atoms with Gasteiger partial charge in [0.2, 0.25) is 5.91 Å². The molecule has 0 spiro atoms. The Hall–Kier alpha value is -3.65. The first-order chi connectivity index (χ1) is 15.6. The van der Waals surface area contributed by atoms with Gasteiger partial charge in [-0.1, -0.05) is 53.8 Å². The lowest BCUT2D eigenvalue weighted by molar-refractivity contribution is -0.118. The van der Waals surface area contributed by atoms with Crippen LogP contribution in [-0.2, 0) is 17.6 Å². The minimum Gasteiger partial charge on any atom is -0.287 e. The number of anilines is 1. The van der Waals surface area contributed by atoms with E-state index in [0.717, 1.165) is 28.0 Å². The molecule has 3 aromatic heterocycles. The highest BCUT2D eigenvalue weighted by Gasteiger charge is 2.22. The number of aromatic nitrogens is 5. The zero-order chi connectivity index (χ0) is 22.1. The first-order valence-electron chi connectivity index (χ1n) is 10.5. The molecular weight excluding hydrogens is 420 g/mol. The van der Waals surface area contributed by atoms with Gasteiger partial charge in [0.15, 0.2) is 11.0 Å². The Kier molecular flexibility index (Phi) is 5.36. The van der Waals surface area contributed by atoms with Crippen molar-refractivity contribution in [3.05, 3.63) is 83.4 Å². The summed E-state index contributed by atoms with van der Waals surface area (Å²) in [5.41, 5.74) is 3.88. The van der Waals surface area contributed by atoms with Crippen LogP contribution < -0.4 is 4.90 Å². The standard InChI is InChI=1S/C24H22N6OS/c1-16-14-17(2)30-23(25-16)27-21(28-30)15-22(31)29(13-12-18-8-4-3-5-9-18)24-26-19-10-6-7-11-20(19)32-24/h3-11,14H,12-13,15H2,1-2H3. The van der Waals surface area contributed by atoms with E-state index in [1.54, 1.807) is 9.42 Å². The maximum atomic E-state index is 13.4. The zero-order valence-corrected chi connectivity index (χ0v) is 18.7. The summed E-state index contributed by atoms with van der Waals surface area (Å²) in [4.78, 5) is 28.8. The molecule has 3 heterocycles. The molecule has 0 aliphatic heterocycles. The Morgan fingerprint density at radius 3 is 2.59 bits per heavy atom. The van der Waals surface area contributed by atoms with Crippen LogP contribution in [0.5, 0.6) is 0 Å². The van der Waals surface area contributed by atoms with Crippen LogP contribution in [0.4, 0.5) is 5.13 Å². The van der Waals surface area contributed by atoms with E-state index in [-0.39, 0.29) is 12.3 Å². The molecule has 2 aromatic carbocycles. The Morgan fingerprint density at radius 2 is 1.78 bits per heavy atom. The summed E-state index contributed by atoms with van der Waals surface area (Å²) in [6, 6.07) is 20.0. The Balaban J connectivity index is 1.44. The maximum Gasteiger partial charge on any atom is 0.252 e. The van der Waals surface area contributed by atoms with E-state index in [1.165, 1.54) is 16.9 Å². The molecule has 7 nitrogen and oxygen atoms in total. The molecule has 5 rings (SSSR count). The minimum atomic E-state index is -0.0785. The molecule has 0 fully saturated rings. The van der Waals surface area contributed by atoms with E-state index >= 15 is 0 Å². The van der Waals surface area contributed by atoms with E-state index in [0.29, 0.717) is 23.3 Å². The van der Waals surface area contributed by atoms with Gasteiger partial charge in [-0.3, -0.25) is 9.69 Å². The summed E-state index contributed by atoms with van der Waals surface area (Å²) >= 11 is 1.52. The molecular formula is C24H22N6OS. The normalized spacial score (nSPS) is 11.3. The first-order valence-corrected chi connectivity index (χ1v) is 11.3. The number of amides is 1. The fourth-order valence-electron chi connectivity index (χ4n) is 3.70. The third-order valence-electron chi connectivity index (χ3n) is 5.25. The number of rotatable bonds is 6. The average molecular weight is 443 g/mol. The van der Waals surface area contributed by atoms with Gasteiger partial charge in [-0.2, -0.15) is 4.98 Å². The second kappa shape index (κ2) is 8.47. The van der Waals surface area contributed by atoms with Gasteiger partial charge in [-0.15, -0.1) is 5.10 Å².